The summed E-state index contributed by atoms with van der Waals surface area (Å²) in [5.74, 6) is -2.92. The lowest BCUT2D eigenvalue weighted by molar-refractivity contribution is -0.276. The lowest BCUT2D eigenvalue weighted by Gasteiger charge is -2.10. The fourth-order valence-electron chi connectivity index (χ4n) is 0.731. The first-order valence-corrected chi connectivity index (χ1v) is 3.41. The molecule has 0 aliphatic carbocycles. The van der Waals surface area contributed by atoms with Crippen molar-refractivity contribution in [2.24, 2.45) is 0 Å². The van der Waals surface area contributed by atoms with E-state index in [0.717, 1.165) is 6.92 Å². The van der Waals surface area contributed by atoms with Crippen LogP contribution in [-0.2, 0) is 0 Å². The average molecular weight is 211 g/mol. The number of hydrogen-bond donors (Lipinski definition) is 1. The maximum Gasteiger partial charge on any atom is 0.574 e. The largest absolute Gasteiger partial charge is 0.574 e. The van der Waals surface area contributed by atoms with Crippen LogP contribution in [0.5, 0.6) is 11.6 Å². The molecule has 1 rings (SSSR count). The minimum Gasteiger partial charge on any atom is -0.503 e. The molecule has 0 unspecified atom stereocenters. The van der Waals surface area contributed by atoms with E-state index >= 15 is 0 Å². The second-order valence-corrected chi connectivity index (χ2v) is 2.43. The molecule has 0 aliphatic rings. The zero-order valence-electron chi connectivity index (χ0n) is 6.89. The first kappa shape index (κ1) is 10.6. The Morgan fingerprint density at radius 2 is 2.00 bits per heavy atom. The molecule has 0 bridgehead atoms. The van der Waals surface area contributed by atoms with Gasteiger partial charge in [0.2, 0.25) is 0 Å². The topological polar surface area (TPSA) is 42.4 Å². The number of aromatic nitrogens is 1. The number of pyridine rings is 1. The second-order valence-electron chi connectivity index (χ2n) is 2.43. The second kappa shape index (κ2) is 3.32. The summed E-state index contributed by atoms with van der Waals surface area (Å²) in [5, 5.41) is 9.01. The van der Waals surface area contributed by atoms with Crippen LogP contribution in [0.25, 0.3) is 0 Å². The predicted octanol–water partition coefficient (Wildman–Crippen LogP) is 2.13. The molecule has 1 aromatic heterocycles. The van der Waals surface area contributed by atoms with Gasteiger partial charge in [-0.2, -0.15) is 0 Å². The van der Waals surface area contributed by atoms with Crippen molar-refractivity contribution >= 4 is 0 Å². The van der Waals surface area contributed by atoms with Gasteiger partial charge in [-0.3, -0.25) is 0 Å². The van der Waals surface area contributed by atoms with Crippen LogP contribution in [0.2, 0.25) is 0 Å². The first-order chi connectivity index (χ1) is 6.31. The van der Waals surface area contributed by atoms with E-state index < -0.39 is 23.8 Å². The van der Waals surface area contributed by atoms with Gasteiger partial charge in [0.25, 0.3) is 5.88 Å². The molecule has 0 radical (unpaired) electrons. The number of hydrogen-bond acceptors (Lipinski definition) is 3. The summed E-state index contributed by atoms with van der Waals surface area (Å²) >= 11 is 0. The number of rotatable bonds is 1. The Bertz CT molecular complexity index is 350. The lowest BCUT2D eigenvalue weighted by atomic mass is 10.2. The van der Waals surface area contributed by atoms with Crippen molar-refractivity contribution in [3.05, 3.63) is 17.6 Å². The fraction of sp³-hybridized carbons (Fsp3) is 0.286. The molecule has 0 atom stereocenters. The lowest BCUT2D eigenvalue weighted by Crippen LogP contribution is -2.18. The maximum atomic E-state index is 12.6. The molecule has 1 heterocycles. The van der Waals surface area contributed by atoms with Crippen LogP contribution in [0.4, 0.5) is 17.6 Å². The van der Waals surface area contributed by atoms with E-state index in [1.165, 1.54) is 0 Å². The Balaban J connectivity index is 3.06. The van der Waals surface area contributed by atoms with Crippen LogP contribution in [-0.4, -0.2) is 16.5 Å². The Hall–Kier alpha value is -1.53. The van der Waals surface area contributed by atoms with Gasteiger partial charge in [0.05, 0.1) is 6.20 Å². The highest BCUT2D eigenvalue weighted by Gasteiger charge is 2.33. The van der Waals surface area contributed by atoms with Gasteiger partial charge in [0.15, 0.2) is 5.75 Å². The van der Waals surface area contributed by atoms with Crippen LogP contribution in [0, 0.1) is 12.7 Å². The third-order valence-corrected chi connectivity index (χ3v) is 1.42. The summed E-state index contributed by atoms with van der Waals surface area (Å²) < 4.78 is 51.0. The SMILES string of the molecule is Cc1c(F)cnc(OC(F)(F)F)c1O. The van der Waals surface area contributed by atoms with Crippen LogP contribution >= 0.6 is 0 Å². The van der Waals surface area contributed by atoms with Crippen molar-refractivity contribution in [2.75, 3.05) is 0 Å². The van der Waals surface area contributed by atoms with Crippen LogP contribution in [0.3, 0.4) is 0 Å². The quantitative estimate of drug-likeness (QED) is 0.723. The molecule has 0 amide bonds. The standard InChI is InChI=1S/C7H5F4NO2/c1-3-4(8)2-12-6(5(3)13)14-7(9,10)11/h2,13H,1H3. The Morgan fingerprint density at radius 1 is 1.43 bits per heavy atom. The van der Waals surface area contributed by atoms with Gasteiger partial charge in [-0.15, -0.1) is 13.2 Å². The minimum absolute atomic E-state index is 0.348. The molecule has 1 N–H and O–H groups in total. The summed E-state index contributed by atoms with van der Waals surface area (Å²) in [6.07, 6.45) is -4.43. The summed E-state index contributed by atoms with van der Waals surface area (Å²) in [6.45, 7) is 1.11. The van der Waals surface area contributed by atoms with Gasteiger partial charge in [0, 0.05) is 5.56 Å². The fourth-order valence-corrected chi connectivity index (χ4v) is 0.731. The molecule has 0 aliphatic heterocycles. The van der Waals surface area contributed by atoms with Crippen molar-refractivity contribution in [2.45, 2.75) is 13.3 Å². The summed E-state index contributed by atoms with van der Waals surface area (Å²) in [5.41, 5.74) is -0.348. The summed E-state index contributed by atoms with van der Waals surface area (Å²) in [6, 6.07) is 0. The molecular formula is C7H5F4NO2. The Morgan fingerprint density at radius 3 is 2.50 bits per heavy atom. The van der Waals surface area contributed by atoms with Crippen LogP contribution < -0.4 is 4.74 Å². The van der Waals surface area contributed by atoms with Gasteiger partial charge in [-0.1, -0.05) is 0 Å². The number of aromatic hydroxyl groups is 1. The maximum absolute atomic E-state index is 12.6. The Kier molecular flexibility index (Phi) is 2.50. The van der Waals surface area contributed by atoms with Crippen molar-refractivity contribution in [1.82, 2.24) is 4.98 Å². The van der Waals surface area contributed by atoms with Crippen molar-refractivity contribution < 1.29 is 27.4 Å². The van der Waals surface area contributed by atoms with Crippen molar-refractivity contribution in [3.63, 3.8) is 0 Å². The van der Waals surface area contributed by atoms with Gasteiger partial charge in [-0.05, 0) is 6.92 Å². The predicted molar refractivity (Wildman–Crippen MR) is 37.3 cm³/mol. The number of nitrogens with zero attached hydrogens (tertiary/aromatic N) is 1. The highest BCUT2D eigenvalue weighted by Crippen LogP contribution is 2.32. The van der Waals surface area contributed by atoms with Crippen molar-refractivity contribution in [3.8, 4) is 11.6 Å². The van der Waals surface area contributed by atoms with E-state index in [2.05, 4.69) is 9.72 Å². The molecule has 0 spiro atoms. The molecule has 78 valence electrons. The summed E-state index contributed by atoms with van der Waals surface area (Å²) in [7, 11) is 0. The van der Waals surface area contributed by atoms with E-state index in [1.807, 2.05) is 0 Å². The van der Waals surface area contributed by atoms with Gasteiger partial charge < -0.3 is 9.84 Å². The van der Waals surface area contributed by atoms with Crippen molar-refractivity contribution in [1.29, 1.82) is 0 Å². The minimum atomic E-state index is -4.96. The third-order valence-electron chi connectivity index (χ3n) is 1.42. The number of alkyl halides is 3. The molecule has 0 saturated heterocycles. The molecular weight excluding hydrogens is 206 g/mol. The smallest absolute Gasteiger partial charge is 0.503 e. The molecule has 0 aromatic carbocycles. The number of halogens is 4. The van der Waals surface area contributed by atoms with E-state index in [0.29, 0.717) is 6.20 Å². The number of ether oxygens (including phenoxy) is 1. The van der Waals surface area contributed by atoms with Gasteiger partial charge in [-0.25, -0.2) is 9.37 Å². The molecule has 14 heavy (non-hydrogen) atoms. The van der Waals surface area contributed by atoms with E-state index in [-0.39, 0.29) is 5.56 Å². The zero-order valence-corrected chi connectivity index (χ0v) is 6.89. The highest BCUT2D eigenvalue weighted by atomic mass is 19.4. The highest BCUT2D eigenvalue weighted by molar-refractivity contribution is 5.39. The average Bonchev–Trinajstić information content (AvgIpc) is 2.04. The van der Waals surface area contributed by atoms with Gasteiger partial charge in [0.1, 0.15) is 5.82 Å². The van der Waals surface area contributed by atoms with Crippen LogP contribution in [0.15, 0.2) is 6.20 Å². The molecule has 7 heteroatoms. The van der Waals surface area contributed by atoms with E-state index in [9.17, 15) is 17.6 Å². The normalized spacial score (nSPS) is 11.5. The molecule has 1 aromatic rings. The molecule has 0 saturated carbocycles. The first-order valence-electron chi connectivity index (χ1n) is 3.41. The zero-order chi connectivity index (χ0) is 10.9. The van der Waals surface area contributed by atoms with Crippen LogP contribution in [0.1, 0.15) is 5.56 Å². The molecule has 0 fully saturated rings. The molecule has 3 nitrogen and oxygen atoms in total. The van der Waals surface area contributed by atoms with E-state index in [1.54, 1.807) is 0 Å². The monoisotopic (exact) mass is 211 g/mol. The summed E-state index contributed by atoms with van der Waals surface area (Å²) in [4.78, 5) is 2.96. The van der Waals surface area contributed by atoms with Gasteiger partial charge >= 0.3 is 6.36 Å². The Labute approximate surface area is 76.0 Å². The van der Waals surface area contributed by atoms with E-state index in [4.69, 9.17) is 5.11 Å². The third kappa shape index (κ3) is 2.24.